The normalized spacial score (nSPS) is 16.5. The number of nitrogens with zero attached hydrogens (tertiary/aromatic N) is 2. The third-order valence-electron chi connectivity index (χ3n) is 3.33. The number of fused-ring (bicyclic) bond motifs is 1. The van der Waals surface area contributed by atoms with Crippen LogP contribution >= 0.6 is 0 Å². The first-order valence-corrected chi connectivity index (χ1v) is 6.00. The maximum Gasteiger partial charge on any atom is 0.233 e. The first-order chi connectivity index (χ1) is 8.67. The van der Waals surface area contributed by atoms with E-state index in [0.717, 1.165) is 0 Å². The summed E-state index contributed by atoms with van der Waals surface area (Å²) < 4.78 is 0. The van der Waals surface area contributed by atoms with Crippen LogP contribution in [0.15, 0.2) is 29.4 Å². The van der Waals surface area contributed by atoms with Gasteiger partial charge in [0.1, 0.15) is 0 Å². The quantitative estimate of drug-likeness (QED) is 0.366. The van der Waals surface area contributed by atoms with Gasteiger partial charge in [-0.3, -0.25) is 4.79 Å². The monoisotopic (exact) mass is 247 g/mol. The van der Waals surface area contributed by atoms with E-state index in [2.05, 4.69) is 5.16 Å². The van der Waals surface area contributed by atoms with Gasteiger partial charge in [0.05, 0.1) is 5.92 Å². The molecule has 0 aromatic heterocycles. The van der Waals surface area contributed by atoms with E-state index < -0.39 is 5.92 Å². The Morgan fingerprint density at radius 2 is 2.00 bits per heavy atom. The Labute approximate surface area is 106 Å². The average molecular weight is 247 g/mol. The number of hydrogen-bond acceptors (Lipinski definition) is 3. The summed E-state index contributed by atoms with van der Waals surface area (Å²) >= 11 is 0. The van der Waals surface area contributed by atoms with E-state index in [0.29, 0.717) is 19.5 Å². The summed E-state index contributed by atoms with van der Waals surface area (Å²) in [5.74, 6) is -0.633. The van der Waals surface area contributed by atoms with E-state index in [1.807, 2.05) is 31.2 Å². The van der Waals surface area contributed by atoms with Crippen molar-refractivity contribution in [1.82, 2.24) is 4.90 Å². The number of amides is 1. The van der Waals surface area contributed by atoms with Crippen LogP contribution in [0, 0.1) is 5.92 Å². The molecular weight excluding hydrogens is 230 g/mol. The van der Waals surface area contributed by atoms with Crippen LogP contribution in [0.1, 0.15) is 24.5 Å². The van der Waals surface area contributed by atoms with E-state index in [4.69, 9.17) is 10.9 Å². The number of benzene rings is 1. The molecule has 18 heavy (non-hydrogen) atoms. The first kappa shape index (κ1) is 12.4. The summed E-state index contributed by atoms with van der Waals surface area (Å²) in [4.78, 5) is 14.0. The van der Waals surface area contributed by atoms with Crippen molar-refractivity contribution < 1.29 is 10.0 Å². The maximum atomic E-state index is 12.3. The lowest BCUT2D eigenvalue weighted by molar-refractivity contribution is -0.134. The molecule has 1 aliphatic rings. The number of amidine groups is 1. The van der Waals surface area contributed by atoms with Gasteiger partial charge in [0.15, 0.2) is 5.84 Å². The highest BCUT2D eigenvalue weighted by Gasteiger charge is 2.30. The molecule has 0 radical (unpaired) electrons. The van der Waals surface area contributed by atoms with Crippen molar-refractivity contribution in [2.75, 3.05) is 0 Å². The first-order valence-electron chi connectivity index (χ1n) is 6.00. The highest BCUT2D eigenvalue weighted by Crippen LogP contribution is 2.24. The summed E-state index contributed by atoms with van der Waals surface area (Å²) in [6.07, 6.45) is 0.529. The van der Waals surface area contributed by atoms with Crippen LogP contribution in [0.5, 0.6) is 0 Å². The number of rotatable bonds is 3. The van der Waals surface area contributed by atoms with Gasteiger partial charge < -0.3 is 15.8 Å². The van der Waals surface area contributed by atoms with Crippen molar-refractivity contribution in [3.63, 3.8) is 0 Å². The van der Waals surface area contributed by atoms with Crippen LogP contribution < -0.4 is 5.73 Å². The third kappa shape index (κ3) is 2.16. The van der Waals surface area contributed by atoms with Crippen molar-refractivity contribution in [1.29, 1.82) is 0 Å². The Bertz CT molecular complexity index is 460. The Hall–Kier alpha value is -2.04. The van der Waals surface area contributed by atoms with E-state index in [9.17, 15) is 4.79 Å². The zero-order valence-electron chi connectivity index (χ0n) is 10.3. The molecule has 0 saturated heterocycles. The molecule has 3 N–H and O–H groups in total. The van der Waals surface area contributed by atoms with Gasteiger partial charge in [0, 0.05) is 13.1 Å². The van der Waals surface area contributed by atoms with Crippen LogP contribution in [0.4, 0.5) is 0 Å². The van der Waals surface area contributed by atoms with Gasteiger partial charge in [0.2, 0.25) is 5.91 Å². The summed E-state index contributed by atoms with van der Waals surface area (Å²) in [7, 11) is 0. The lowest BCUT2D eigenvalue weighted by atomic mass is 10.0. The molecule has 96 valence electrons. The van der Waals surface area contributed by atoms with Gasteiger partial charge in [-0.2, -0.15) is 0 Å². The van der Waals surface area contributed by atoms with Gasteiger partial charge in [-0.15, -0.1) is 0 Å². The van der Waals surface area contributed by atoms with Gasteiger partial charge >= 0.3 is 0 Å². The fourth-order valence-electron chi connectivity index (χ4n) is 2.29. The molecule has 0 bridgehead atoms. The molecular formula is C13H17N3O2. The molecule has 1 aliphatic heterocycles. The minimum Gasteiger partial charge on any atom is -0.409 e. The van der Waals surface area contributed by atoms with E-state index in [1.54, 1.807) is 4.90 Å². The third-order valence-corrected chi connectivity index (χ3v) is 3.33. The van der Waals surface area contributed by atoms with Gasteiger partial charge in [0.25, 0.3) is 0 Å². The smallest absolute Gasteiger partial charge is 0.233 e. The number of nitrogens with two attached hydrogens (primary N) is 1. The van der Waals surface area contributed by atoms with Gasteiger partial charge in [-0.1, -0.05) is 36.3 Å². The minimum absolute atomic E-state index is 0.0153. The van der Waals surface area contributed by atoms with Crippen LogP contribution in [-0.4, -0.2) is 21.8 Å². The van der Waals surface area contributed by atoms with Crippen molar-refractivity contribution >= 4 is 11.7 Å². The fourth-order valence-corrected chi connectivity index (χ4v) is 2.29. The van der Waals surface area contributed by atoms with Crippen LogP contribution in [-0.2, 0) is 17.9 Å². The lowest BCUT2D eigenvalue weighted by Crippen LogP contribution is -2.39. The lowest BCUT2D eigenvalue weighted by Gasteiger charge is -2.21. The van der Waals surface area contributed by atoms with E-state index in [1.165, 1.54) is 11.1 Å². The molecule has 1 aromatic rings. The molecule has 1 atom stereocenters. The summed E-state index contributed by atoms with van der Waals surface area (Å²) in [5.41, 5.74) is 7.89. The van der Waals surface area contributed by atoms with Crippen LogP contribution in [0.2, 0.25) is 0 Å². The van der Waals surface area contributed by atoms with Gasteiger partial charge in [-0.25, -0.2) is 0 Å². The Morgan fingerprint density at radius 3 is 2.44 bits per heavy atom. The highest BCUT2D eigenvalue weighted by molar-refractivity contribution is 6.02. The number of carbonyl (C=O) groups is 1. The Kier molecular flexibility index (Phi) is 3.50. The van der Waals surface area contributed by atoms with Crippen molar-refractivity contribution in [2.45, 2.75) is 26.4 Å². The van der Waals surface area contributed by atoms with Crippen molar-refractivity contribution in [2.24, 2.45) is 16.8 Å². The summed E-state index contributed by atoms with van der Waals surface area (Å²) in [6, 6.07) is 7.97. The molecule has 0 spiro atoms. The molecule has 0 aliphatic carbocycles. The van der Waals surface area contributed by atoms with Crippen molar-refractivity contribution in [3.8, 4) is 0 Å². The molecule has 2 rings (SSSR count). The maximum absolute atomic E-state index is 12.3. The molecule has 5 heteroatoms. The summed E-state index contributed by atoms with van der Waals surface area (Å²) in [5, 5.41) is 11.6. The molecule has 1 heterocycles. The minimum atomic E-state index is -0.538. The zero-order chi connectivity index (χ0) is 13.1. The molecule has 5 nitrogen and oxygen atoms in total. The van der Waals surface area contributed by atoms with Crippen LogP contribution in [0.25, 0.3) is 0 Å². The predicted molar refractivity (Wildman–Crippen MR) is 67.9 cm³/mol. The van der Waals surface area contributed by atoms with Crippen LogP contribution in [0.3, 0.4) is 0 Å². The molecule has 1 unspecified atom stereocenters. The molecule has 1 aromatic carbocycles. The number of carbonyl (C=O) groups excluding carboxylic acids is 1. The predicted octanol–water partition coefficient (Wildman–Crippen LogP) is 1.30. The highest BCUT2D eigenvalue weighted by atomic mass is 16.4. The van der Waals surface area contributed by atoms with E-state index in [-0.39, 0.29) is 11.7 Å². The number of hydrogen-bond donors (Lipinski definition) is 2. The van der Waals surface area contributed by atoms with Crippen molar-refractivity contribution in [3.05, 3.63) is 35.4 Å². The second-order valence-corrected chi connectivity index (χ2v) is 4.45. The summed E-state index contributed by atoms with van der Waals surface area (Å²) in [6.45, 7) is 3.05. The second-order valence-electron chi connectivity index (χ2n) is 4.45. The second kappa shape index (κ2) is 5.08. The average Bonchev–Trinajstić information content (AvgIpc) is 2.82. The Balaban J connectivity index is 2.13. The molecule has 0 saturated carbocycles. The Morgan fingerprint density at radius 1 is 1.44 bits per heavy atom. The number of oxime groups is 1. The fraction of sp³-hybridized carbons (Fsp3) is 0.385. The molecule has 1 amide bonds. The van der Waals surface area contributed by atoms with Gasteiger partial charge in [-0.05, 0) is 17.5 Å². The van der Waals surface area contributed by atoms with E-state index >= 15 is 0 Å². The SMILES string of the molecule is CCC(C(=O)N1Cc2ccccc2C1)C(N)=NO. The standard InChI is InChI=1S/C13H17N3O2/c1-2-11(12(14)15-18)13(17)16-7-9-5-3-4-6-10(9)8-16/h3-6,11,18H,2,7-8H2,1H3,(H2,14,15). The zero-order valence-corrected chi connectivity index (χ0v) is 10.3. The largest absolute Gasteiger partial charge is 0.409 e. The molecule has 0 fully saturated rings. The topological polar surface area (TPSA) is 78.9 Å².